The molecule has 0 amide bonds. The SMILES string of the molecule is CN1CCN(c2cccc3c2N=C(C(=O)O)CC3(O)OCc2ccccc2)CC1. The standard InChI is InChI=1S/C22H25N3O4/c1-24-10-12-25(13-11-24)19-9-5-8-17-20(19)23-18(21(26)27)14-22(17,28)29-15-16-6-3-2-4-7-16/h2-9,28H,10-15H2,1H3,(H,26,27). The molecule has 2 aliphatic rings. The van der Waals surface area contributed by atoms with Gasteiger partial charge in [-0.1, -0.05) is 42.5 Å². The molecule has 2 aromatic rings. The van der Waals surface area contributed by atoms with Crippen LogP contribution in [0.1, 0.15) is 17.5 Å². The summed E-state index contributed by atoms with van der Waals surface area (Å²) in [4.78, 5) is 20.6. The molecule has 7 heteroatoms. The number of aliphatic hydroxyl groups is 1. The Balaban J connectivity index is 1.70. The molecular formula is C22H25N3O4. The van der Waals surface area contributed by atoms with Crippen LogP contribution in [-0.4, -0.2) is 60.0 Å². The van der Waals surface area contributed by atoms with E-state index in [4.69, 9.17) is 4.74 Å². The number of nitrogens with zero attached hydrogens (tertiary/aromatic N) is 3. The molecule has 2 aromatic carbocycles. The predicted octanol–water partition coefficient (Wildman–Crippen LogP) is 2.36. The zero-order valence-electron chi connectivity index (χ0n) is 16.4. The van der Waals surface area contributed by atoms with Crippen LogP contribution in [0.5, 0.6) is 0 Å². The lowest BCUT2D eigenvalue weighted by molar-refractivity contribution is -0.215. The van der Waals surface area contributed by atoms with Gasteiger partial charge in [0.2, 0.25) is 5.79 Å². The van der Waals surface area contributed by atoms with Gasteiger partial charge in [-0.15, -0.1) is 0 Å². The van der Waals surface area contributed by atoms with Gasteiger partial charge in [0.1, 0.15) is 5.71 Å². The third-order valence-corrected chi connectivity index (χ3v) is 5.50. The van der Waals surface area contributed by atoms with E-state index in [0.717, 1.165) is 37.4 Å². The van der Waals surface area contributed by atoms with Gasteiger partial charge >= 0.3 is 5.97 Å². The fraction of sp³-hybridized carbons (Fsp3) is 0.364. The van der Waals surface area contributed by atoms with Gasteiger partial charge in [0.05, 0.1) is 24.4 Å². The lowest BCUT2D eigenvalue weighted by Gasteiger charge is -2.38. The summed E-state index contributed by atoms with van der Waals surface area (Å²) in [5.74, 6) is -2.89. The van der Waals surface area contributed by atoms with Gasteiger partial charge in [-0.3, -0.25) is 0 Å². The average molecular weight is 395 g/mol. The van der Waals surface area contributed by atoms with Crippen molar-refractivity contribution in [3.05, 3.63) is 59.7 Å². The number of fused-ring (bicyclic) bond motifs is 1. The smallest absolute Gasteiger partial charge is 0.350 e. The first-order valence-corrected chi connectivity index (χ1v) is 9.74. The Morgan fingerprint density at radius 2 is 1.83 bits per heavy atom. The molecule has 7 nitrogen and oxygen atoms in total. The highest BCUT2D eigenvalue weighted by Crippen LogP contribution is 2.44. The normalized spacial score (nSPS) is 22.1. The van der Waals surface area contributed by atoms with Crippen LogP contribution in [-0.2, 0) is 21.9 Å². The summed E-state index contributed by atoms with van der Waals surface area (Å²) in [7, 11) is 2.08. The van der Waals surface area contributed by atoms with E-state index >= 15 is 0 Å². The van der Waals surface area contributed by atoms with Gasteiger partial charge < -0.3 is 24.7 Å². The molecule has 1 unspecified atom stereocenters. The number of benzene rings is 2. The number of hydrogen-bond donors (Lipinski definition) is 2. The number of carboxylic acid groups (broad SMARTS) is 1. The van der Waals surface area contributed by atoms with Crippen LogP contribution in [0.25, 0.3) is 0 Å². The second-order valence-corrected chi connectivity index (χ2v) is 7.56. The third-order valence-electron chi connectivity index (χ3n) is 5.50. The Bertz CT molecular complexity index is 923. The first-order chi connectivity index (χ1) is 14.0. The summed E-state index contributed by atoms with van der Waals surface area (Å²) < 4.78 is 5.91. The maximum Gasteiger partial charge on any atom is 0.350 e. The van der Waals surface area contributed by atoms with Crippen molar-refractivity contribution >= 4 is 23.1 Å². The number of aliphatic carboxylic acids is 1. The Hall–Kier alpha value is -2.74. The van der Waals surface area contributed by atoms with Crippen molar-refractivity contribution in [3.63, 3.8) is 0 Å². The summed E-state index contributed by atoms with van der Waals surface area (Å²) >= 11 is 0. The molecule has 0 spiro atoms. The molecule has 1 atom stereocenters. The van der Waals surface area contributed by atoms with Gasteiger partial charge in [0.15, 0.2) is 0 Å². The fourth-order valence-corrected chi connectivity index (χ4v) is 3.79. The van der Waals surface area contributed by atoms with Gasteiger partial charge in [0.25, 0.3) is 0 Å². The number of hydrogen-bond acceptors (Lipinski definition) is 6. The van der Waals surface area contributed by atoms with Crippen molar-refractivity contribution in [2.75, 3.05) is 38.1 Å². The molecule has 2 N–H and O–H groups in total. The van der Waals surface area contributed by atoms with E-state index in [-0.39, 0.29) is 18.7 Å². The van der Waals surface area contributed by atoms with Gasteiger partial charge in [-0.05, 0) is 18.7 Å². The van der Waals surface area contributed by atoms with Crippen LogP contribution in [0.3, 0.4) is 0 Å². The highest BCUT2D eigenvalue weighted by atomic mass is 16.6. The molecule has 2 aliphatic heterocycles. The lowest BCUT2D eigenvalue weighted by Crippen LogP contribution is -2.45. The molecule has 1 saturated heterocycles. The summed E-state index contributed by atoms with van der Waals surface area (Å²) in [6.07, 6.45) is -0.200. The number of carboxylic acids is 1. The Morgan fingerprint density at radius 1 is 1.10 bits per heavy atom. The molecule has 0 aromatic heterocycles. The van der Waals surface area contributed by atoms with Crippen molar-refractivity contribution < 1.29 is 19.7 Å². The minimum Gasteiger partial charge on any atom is -0.477 e. The molecule has 0 bridgehead atoms. The topological polar surface area (TPSA) is 85.6 Å². The van der Waals surface area contributed by atoms with Crippen molar-refractivity contribution in [3.8, 4) is 0 Å². The quantitative estimate of drug-likeness (QED) is 0.756. The molecule has 0 saturated carbocycles. The van der Waals surface area contributed by atoms with Crippen molar-refractivity contribution in [1.29, 1.82) is 0 Å². The maximum absolute atomic E-state index is 11.7. The largest absolute Gasteiger partial charge is 0.477 e. The van der Waals surface area contributed by atoms with Gasteiger partial charge in [0, 0.05) is 31.7 Å². The summed E-state index contributed by atoms with van der Waals surface area (Å²) in [6, 6.07) is 15.1. The minimum absolute atomic E-state index is 0.102. The monoisotopic (exact) mass is 395 g/mol. The second-order valence-electron chi connectivity index (χ2n) is 7.56. The first kappa shape index (κ1) is 19.6. The van der Waals surface area contributed by atoms with E-state index in [0.29, 0.717) is 11.3 Å². The van der Waals surface area contributed by atoms with Crippen LogP contribution >= 0.6 is 0 Å². The Kier molecular flexibility index (Phi) is 5.36. The van der Waals surface area contributed by atoms with E-state index in [2.05, 4.69) is 21.8 Å². The Morgan fingerprint density at radius 3 is 2.52 bits per heavy atom. The number of ether oxygens (including phenoxy) is 1. The van der Waals surface area contributed by atoms with E-state index < -0.39 is 11.8 Å². The molecule has 0 aliphatic carbocycles. The van der Waals surface area contributed by atoms with Crippen LogP contribution in [0.15, 0.2) is 53.5 Å². The Labute approximate surface area is 169 Å². The zero-order chi connectivity index (χ0) is 20.4. The zero-order valence-corrected chi connectivity index (χ0v) is 16.4. The van der Waals surface area contributed by atoms with Crippen LogP contribution in [0, 0.1) is 0 Å². The molecule has 0 radical (unpaired) electrons. The predicted molar refractivity (Wildman–Crippen MR) is 111 cm³/mol. The minimum atomic E-state index is -1.75. The van der Waals surface area contributed by atoms with E-state index in [1.807, 2.05) is 42.5 Å². The number of rotatable bonds is 5. The second kappa shape index (κ2) is 7.94. The highest BCUT2D eigenvalue weighted by molar-refractivity contribution is 6.36. The average Bonchev–Trinajstić information content (AvgIpc) is 2.73. The van der Waals surface area contributed by atoms with Crippen LogP contribution < -0.4 is 4.90 Å². The van der Waals surface area contributed by atoms with Crippen molar-refractivity contribution in [2.45, 2.75) is 18.8 Å². The maximum atomic E-state index is 11.7. The number of likely N-dealkylation sites (N-methyl/N-ethyl adjacent to an activating group) is 1. The lowest BCUT2D eigenvalue weighted by atomic mass is 9.93. The summed E-state index contributed by atoms with van der Waals surface area (Å²) in [5.41, 5.74) is 2.62. The summed E-state index contributed by atoms with van der Waals surface area (Å²) in [5, 5.41) is 21.0. The van der Waals surface area contributed by atoms with Crippen molar-refractivity contribution in [1.82, 2.24) is 4.90 Å². The molecule has 1 fully saturated rings. The van der Waals surface area contributed by atoms with E-state index in [1.165, 1.54) is 0 Å². The van der Waals surface area contributed by atoms with E-state index in [9.17, 15) is 15.0 Å². The highest BCUT2D eigenvalue weighted by Gasteiger charge is 2.41. The van der Waals surface area contributed by atoms with Crippen LogP contribution in [0.2, 0.25) is 0 Å². The third kappa shape index (κ3) is 4.03. The van der Waals surface area contributed by atoms with Gasteiger partial charge in [-0.25, -0.2) is 9.79 Å². The molecule has 152 valence electrons. The number of para-hydroxylation sites is 1. The number of carbonyl (C=O) groups is 1. The van der Waals surface area contributed by atoms with E-state index in [1.54, 1.807) is 6.07 Å². The molecule has 29 heavy (non-hydrogen) atoms. The van der Waals surface area contributed by atoms with Crippen LogP contribution in [0.4, 0.5) is 11.4 Å². The number of piperazine rings is 1. The molecular weight excluding hydrogens is 370 g/mol. The molecule has 2 heterocycles. The number of anilines is 1. The van der Waals surface area contributed by atoms with Gasteiger partial charge in [-0.2, -0.15) is 0 Å². The molecule has 4 rings (SSSR count). The fourth-order valence-electron chi connectivity index (χ4n) is 3.79. The number of aliphatic imine (C=N–C) groups is 1. The first-order valence-electron chi connectivity index (χ1n) is 9.74. The summed E-state index contributed by atoms with van der Waals surface area (Å²) in [6.45, 7) is 3.62. The van der Waals surface area contributed by atoms with Crippen molar-refractivity contribution in [2.24, 2.45) is 4.99 Å².